The van der Waals surface area contributed by atoms with Crippen molar-refractivity contribution in [3.63, 3.8) is 0 Å². The van der Waals surface area contributed by atoms with Crippen LogP contribution in [0.1, 0.15) is 33.1 Å². The summed E-state index contributed by atoms with van der Waals surface area (Å²) in [4.78, 5) is 0. The van der Waals surface area contributed by atoms with Gasteiger partial charge < -0.3 is 15.2 Å². The molecule has 0 aromatic heterocycles. The molecular weight excluding hydrogens is 190 g/mol. The molecular formula is C12H25NO2. The molecule has 0 aliphatic heterocycles. The second-order valence-electron chi connectivity index (χ2n) is 4.89. The van der Waals surface area contributed by atoms with Crippen LogP contribution in [0.4, 0.5) is 0 Å². The second kappa shape index (κ2) is 6.46. The fraction of sp³-hybridized carbons (Fsp3) is 1.00. The number of hydrogen-bond donors (Lipinski definition) is 2. The van der Waals surface area contributed by atoms with Crippen molar-refractivity contribution in [2.75, 3.05) is 20.3 Å². The minimum atomic E-state index is -0.376. The van der Waals surface area contributed by atoms with E-state index in [0.29, 0.717) is 25.1 Å². The van der Waals surface area contributed by atoms with Gasteiger partial charge in [-0.25, -0.2) is 0 Å². The molecule has 3 nitrogen and oxygen atoms in total. The highest BCUT2D eigenvalue weighted by Gasteiger charge is 2.26. The molecule has 1 saturated carbocycles. The maximum absolute atomic E-state index is 9.54. The van der Waals surface area contributed by atoms with Crippen molar-refractivity contribution in [1.29, 1.82) is 0 Å². The van der Waals surface area contributed by atoms with Gasteiger partial charge in [0.15, 0.2) is 0 Å². The number of nitrogens with one attached hydrogen (secondary N) is 1. The third-order valence-corrected chi connectivity index (χ3v) is 3.68. The Hall–Kier alpha value is -0.120. The fourth-order valence-corrected chi connectivity index (χ4v) is 2.41. The molecule has 1 aliphatic carbocycles. The zero-order valence-corrected chi connectivity index (χ0v) is 10.2. The van der Waals surface area contributed by atoms with Gasteiger partial charge in [-0.05, 0) is 18.3 Å². The summed E-state index contributed by atoms with van der Waals surface area (Å²) in [6.45, 7) is 5.70. The number of aliphatic hydroxyl groups excluding tert-OH is 1. The van der Waals surface area contributed by atoms with Crippen molar-refractivity contribution in [2.45, 2.75) is 45.3 Å². The Bertz CT molecular complexity index is 175. The standard InChI is InChI=1S/C12H25NO2/c1-9-5-4-6-12(10(9)2)13-7-11(14)8-15-3/h9-14H,4-8H2,1-3H3. The Morgan fingerprint density at radius 1 is 1.40 bits per heavy atom. The monoisotopic (exact) mass is 215 g/mol. The van der Waals surface area contributed by atoms with Gasteiger partial charge in [0.05, 0.1) is 12.7 Å². The minimum absolute atomic E-state index is 0.376. The van der Waals surface area contributed by atoms with Gasteiger partial charge in [0.25, 0.3) is 0 Å². The number of rotatable bonds is 5. The van der Waals surface area contributed by atoms with Crippen molar-refractivity contribution >= 4 is 0 Å². The van der Waals surface area contributed by atoms with Gasteiger partial charge in [-0.1, -0.05) is 26.7 Å². The number of hydrogen-bond acceptors (Lipinski definition) is 3. The van der Waals surface area contributed by atoms with E-state index in [1.54, 1.807) is 7.11 Å². The third kappa shape index (κ3) is 4.09. The molecule has 0 bridgehead atoms. The van der Waals surface area contributed by atoms with Gasteiger partial charge in [0, 0.05) is 19.7 Å². The lowest BCUT2D eigenvalue weighted by Crippen LogP contribution is -2.44. The number of methoxy groups -OCH3 is 1. The molecule has 15 heavy (non-hydrogen) atoms. The molecule has 0 amide bonds. The van der Waals surface area contributed by atoms with E-state index in [9.17, 15) is 5.11 Å². The van der Waals surface area contributed by atoms with Crippen molar-refractivity contribution < 1.29 is 9.84 Å². The van der Waals surface area contributed by atoms with Crippen LogP contribution in [0.5, 0.6) is 0 Å². The smallest absolute Gasteiger partial charge is 0.0897 e. The SMILES string of the molecule is COCC(O)CNC1CCCC(C)C1C. The first kappa shape index (κ1) is 12.9. The first-order valence-corrected chi connectivity index (χ1v) is 6.05. The van der Waals surface area contributed by atoms with Gasteiger partial charge in [0.2, 0.25) is 0 Å². The van der Waals surface area contributed by atoms with Gasteiger partial charge in [0.1, 0.15) is 0 Å². The predicted molar refractivity (Wildman–Crippen MR) is 61.9 cm³/mol. The van der Waals surface area contributed by atoms with E-state index in [0.717, 1.165) is 5.92 Å². The third-order valence-electron chi connectivity index (χ3n) is 3.68. The van der Waals surface area contributed by atoms with Crippen LogP contribution in [0.2, 0.25) is 0 Å². The van der Waals surface area contributed by atoms with E-state index in [1.165, 1.54) is 19.3 Å². The molecule has 4 unspecified atom stereocenters. The van der Waals surface area contributed by atoms with Gasteiger partial charge in [-0.15, -0.1) is 0 Å². The van der Waals surface area contributed by atoms with Crippen molar-refractivity contribution in [3.8, 4) is 0 Å². The average Bonchev–Trinajstić information content (AvgIpc) is 2.21. The summed E-state index contributed by atoms with van der Waals surface area (Å²) in [6.07, 6.45) is 3.52. The van der Waals surface area contributed by atoms with Crippen molar-refractivity contribution in [2.24, 2.45) is 11.8 Å². The van der Waals surface area contributed by atoms with Crippen LogP contribution in [0.3, 0.4) is 0 Å². The highest BCUT2D eigenvalue weighted by molar-refractivity contribution is 4.82. The molecule has 1 fully saturated rings. The first-order valence-electron chi connectivity index (χ1n) is 6.05. The largest absolute Gasteiger partial charge is 0.389 e. The summed E-state index contributed by atoms with van der Waals surface area (Å²) in [6, 6.07) is 0.570. The van der Waals surface area contributed by atoms with E-state index in [-0.39, 0.29) is 6.10 Å². The Labute approximate surface area is 93.2 Å². The fourth-order valence-electron chi connectivity index (χ4n) is 2.41. The zero-order valence-electron chi connectivity index (χ0n) is 10.2. The van der Waals surface area contributed by atoms with E-state index in [4.69, 9.17) is 4.74 Å². The van der Waals surface area contributed by atoms with Gasteiger partial charge in [-0.3, -0.25) is 0 Å². The Morgan fingerprint density at radius 3 is 2.80 bits per heavy atom. The van der Waals surface area contributed by atoms with Crippen molar-refractivity contribution in [3.05, 3.63) is 0 Å². The molecule has 0 aromatic rings. The lowest BCUT2D eigenvalue weighted by Gasteiger charge is -2.35. The molecule has 0 radical (unpaired) electrons. The molecule has 1 rings (SSSR count). The molecule has 4 atom stereocenters. The molecule has 1 aliphatic rings. The second-order valence-corrected chi connectivity index (χ2v) is 4.89. The van der Waals surface area contributed by atoms with Crippen LogP contribution in [0.25, 0.3) is 0 Å². The van der Waals surface area contributed by atoms with Crippen LogP contribution >= 0.6 is 0 Å². The molecule has 0 heterocycles. The number of aliphatic hydroxyl groups is 1. The molecule has 90 valence electrons. The summed E-state index contributed by atoms with van der Waals surface area (Å²) in [7, 11) is 1.62. The minimum Gasteiger partial charge on any atom is -0.389 e. The van der Waals surface area contributed by atoms with Crippen LogP contribution in [0.15, 0.2) is 0 Å². The maximum atomic E-state index is 9.54. The van der Waals surface area contributed by atoms with Crippen molar-refractivity contribution in [1.82, 2.24) is 5.32 Å². The van der Waals surface area contributed by atoms with E-state index < -0.39 is 0 Å². The van der Waals surface area contributed by atoms with E-state index in [2.05, 4.69) is 19.2 Å². The summed E-state index contributed by atoms with van der Waals surface area (Å²) in [5.41, 5.74) is 0. The molecule has 2 N–H and O–H groups in total. The molecule has 3 heteroatoms. The quantitative estimate of drug-likeness (QED) is 0.728. The summed E-state index contributed by atoms with van der Waals surface area (Å²) < 4.78 is 4.90. The Balaban J connectivity index is 2.25. The van der Waals surface area contributed by atoms with E-state index >= 15 is 0 Å². The lowest BCUT2D eigenvalue weighted by atomic mass is 9.78. The van der Waals surface area contributed by atoms with Crippen LogP contribution in [0, 0.1) is 11.8 Å². The van der Waals surface area contributed by atoms with Gasteiger partial charge in [-0.2, -0.15) is 0 Å². The Kier molecular flexibility index (Phi) is 5.58. The molecule has 0 saturated heterocycles. The normalized spacial score (nSPS) is 34.0. The molecule has 0 aromatic carbocycles. The highest BCUT2D eigenvalue weighted by atomic mass is 16.5. The number of ether oxygens (including phenoxy) is 1. The predicted octanol–water partition coefficient (Wildman–Crippen LogP) is 1.41. The Morgan fingerprint density at radius 2 is 2.13 bits per heavy atom. The lowest BCUT2D eigenvalue weighted by molar-refractivity contribution is 0.0582. The van der Waals surface area contributed by atoms with Gasteiger partial charge >= 0.3 is 0 Å². The average molecular weight is 215 g/mol. The summed E-state index contributed by atoms with van der Waals surface area (Å²) in [5.74, 6) is 1.52. The maximum Gasteiger partial charge on any atom is 0.0897 e. The van der Waals surface area contributed by atoms with Crippen LogP contribution < -0.4 is 5.32 Å². The first-order chi connectivity index (χ1) is 7.15. The van der Waals surface area contributed by atoms with E-state index in [1.807, 2.05) is 0 Å². The van der Waals surface area contributed by atoms with Crippen LogP contribution in [-0.2, 0) is 4.74 Å². The topological polar surface area (TPSA) is 41.5 Å². The highest BCUT2D eigenvalue weighted by Crippen LogP contribution is 2.29. The summed E-state index contributed by atoms with van der Waals surface area (Å²) >= 11 is 0. The van der Waals surface area contributed by atoms with Crippen LogP contribution in [-0.4, -0.2) is 37.5 Å². The zero-order chi connectivity index (χ0) is 11.3. The molecule has 0 spiro atoms. The summed E-state index contributed by atoms with van der Waals surface area (Å²) in [5, 5.41) is 13.0.